The molecule has 0 bridgehead atoms. The second kappa shape index (κ2) is 6.00. The first-order chi connectivity index (χ1) is 9.52. The van der Waals surface area contributed by atoms with Gasteiger partial charge in [0.15, 0.2) is 0 Å². The predicted octanol–water partition coefficient (Wildman–Crippen LogP) is -1.64. The molecule has 0 atom stereocenters. The van der Waals surface area contributed by atoms with Gasteiger partial charge >= 0.3 is 0 Å². The van der Waals surface area contributed by atoms with Crippen LogP contribution in [-0.4, -0.2) is 53.1 Å². The van der Waals surface area contributed by atoms with Crippen molar-refractivity contribution in [3.8, 4) is 0 Å². The van der Waals surface area contributed by atoms with Crippen molar-refractivity contribution in [2.45, 2.75) is 25.7 Å². The average molecular weight is 282 g/mol. The zero-order valence-electron chi connectivity index (χ0n) is 11.1. The molecule has 2 saturated heterocycles. The van der Waals surface area contributed by atoms with Crippen molar-refractivity contribution in [1.82, 2.24) is 15.2 Å². The van der Waals surface area contributed by atoms with Gasteiger partial charge in [-0.25, -0.2) is 5.84 Å². The summed E-state index contributed by atoms with van der Waals surface area (Å²) in [7, 11) is 0. The van der Waals surface area contributed by atoms with Gasteiger partial charge in [-0.2, -0.15) is 0 Å². The lowest BCUT2D eigenvalue weighted by atomic mass is 9.96. The lowest BCUT2D eigenvalue weighted by molar-refractivity contribution is -0.146. The zero-order chi connectivity index (χ0) is 14.7. The maximum absolute atomic E-state index is 12.0. The molecular formula is C12H18N4O4. The van der Waals surface area contributed by atoms with Crippen LogP contribution in [0.2, 0.25) is 0 Å². The third-order valence-corrected chi connectivity index (χ3v) is 3.81. The number of hydrogen-bond acceptors (Lipinski definition) is 5. The van der Waals surface area contributed by atoms with Gasteiger partial charge < -0.3 is 4.90 Å². The van der Waals surface area contributed by atoms with Crippen molar-refractivity contribution in [3.05, 3.63) is 0 Å². The van der Waals surface area contributed by atoms with Crippen molar-refractivity contribution in [2.24, 2.45) is 11.8 Å². The molecule has 2 fully saturated rings. The fourth-order valence-electron chi connectivity index (χ4n) is 2.54. The molecule has 110 valence electrons. The minimum atomic E-state index is -0.291. The Balaban J connectivity index is 1.84. The Morgan fingerprint density at radius 1 is 1.15 bits per heavy atom. The van der Waals surface area contributed by atoms with E-state index in [1.807, 2.05) is 0 Å². The summed E-state index contributed by atoms with van der Waals surface area (Å²) in [6, 6.07) is 0. The molecule has 4 amide bonds. The van der Waals surface area contributed by atoms with Gasteiger partial charge in [0.05, 0.1) is 0 Å². The number of nitrogens with one attached hydrogen (secondary N) is 1. The number of imide groups is 1. The van der Waals surface area contributed by atoms with Crippen molar-refractivity contribution in [2.75, 3.05) is 19.6 Å². The Labute approximate surface area is 116 Å². The van der Waals surface area contributed by atoms with E-state index in [2.05, 4.69) is 5.43 Å². The summed E-state index contributed by atoms with van der Waals surface area (Å²) in [5.74, 6) is 3.84. The number of carbonyl (C=O) groups is 4. The van der Waals surface area contributed by atoms with Gasteiger partial charge in [-0.3, -0.25) is 29.5 Å². The van der Waals surface area contributed by atoms with Crippen LogP contribution in [0.15, 0.2) is 0 Å². The average Bonchev–Trinajstić information content (AvgIpc) is 2.78. The first kappa shape index (κ1) is 14.4. The Morgan fingerprint density at radius 2 is 1.70 bits per heavy atom. The third-order valence-electron chi connectivity index (χ3n) is 3.81. The van der Waals surface area contributed by atoms with E-state index in [0.29, 0.717) is 25.9 Å². The Hall–Kier alpha value is -1.96. The van der Waals surface area contributed by atoms with E-state index in [4.69, 9.17) is 5.84 Å². The molecule has 0 aromatic heterocycles. The van der Waals surface area contributed by atoms with Crippen LogP contribution < -0.4 is 11.3 Å². The topological polar surface area (TPSA) is 113 Å². The standard InChI is InChI=1S/C12H18N4O4/c13-14-12(20)8-3-5-15(6-4-8)11(19)7-16-9(17)1-2-10(16)18/h8H,1-7,13H2,(H,14,20). The molecular weight excluding hydrogens is 264 g/mol. The summed E-state index contributed by atoms with van der Waals surface area (Å²) in [5.41, 5.74) is 2.11. The number of nitrogens with zero attached hydrogens (tertiary/aromatic N) is 2. The molecule has 0 unspecified atom stereocenters. The first-order valence-electron chi connectivity index (χ1n) is 6.64. The molecule has 2 aliphatic heterocycles. The van der Waals surface area contributed by atoms with Crippen LogP contribution in [0.1, 0.15) is 25.7 Å². The van der Waals surface area contributed by atoms with E-state index in [1.165, 1.54) is 0 Å². The molecule has 2 rings (SSSR count). The third kappa shape index (κ3) is 2.96. The first-order valence-corrected chi connectivity index (χ1v) is 6.64. The van der Waals surface area contributed by atoms with E-state index in [0.717, 1.165) is 4.90 Å². The normalized spacial score (nSPS) is 20.4. The minimum absolute atomic E-state index is 0.181. The van der Waals surface area contributed by atoms with Crippen molar-refractivity contribution < 1.29 is 19.2 Å². The highest BCUT2D eigenvalue weighted by molar-refractivity contribution is 6.04. The van der Waals surface area contributed by atoms with Gasteiger partial charge in [0.1, 0.15) is 6.54 Å². The highest BCUT2D eigenvalue weighted by atomic mass is 16.2. The van der Waals surface area contributed by atoms with Gasteiger partial charge in [0.25, 0.3) is 0 Å². The molecule has 0 aliphatic carbocycles. The molecule has 20 heavy (non-hydrogen) atoms. The maximum atomic E-state index is 12.0. The van der Waals surface area contributed by atoms with E-state index in [1.54, 1.807) is 4.90 Å². The smallest absolute Gasteiger partial charge is 0.242 e. The summed E-state index contributed by atoms with van der Waals surface area (Å²) < 4.78 is 0. The largest absolute Gasteiger partial charge is 0.341 e. The van der Waals surface area contributed by atoms with Gasteiger partial charge in [-0.1, -0.05) is 0 Å². The molecule has 0 radical (unpaired) electrons. The summed E-state index contributed by atoms with van der Waals surface area (Å²) in [6.45, 7) is 0.686. The Kier molecular flexibility index (Phi) is 4.33. The Bertz CT molecular complexity index is 427. The van der Waals surface area contributed by atoms with Crippen LogP contribution in [0.5, 0.6) is 0 Å². The van der Waals surface area contributed by atoms with Crippen molar-refractivity contribution in [1.29, 1.82) is 0 Å². The lowest BCUT2D eigenvalue weighted by Crippen LogP contribution is -2.48. The molecule has 0 spiro atoms. The highest BCUT2D eigenvalue weighted by Crippen LogP contribution is 2.18. The van der Waals surface area contributed by atoms with Gasteiger partial charge in [-0.15, -0.1) is 0 Å². The number of nitrogens with two attached hydrogens (primary N) is 1. The van der Waals surface area contributed by atoms with Crippen LogP contribution in [0, 0.1) is 5.92 Å². The highest BCUT2D eigenvalue weighted by Gasteiger charge is 2.33. The minimum Gasteiger partial charge on any atom is -0.341 e. The number of likely N-dealkylation sites (tertiary alicyclic amines) is 2. The molecule has 0 aromatic rings. The maximum Gasteiger partial charge on any atom is 0.242 e. The molecule has 3 N–H and O–H groups in total. The molecule has 0 saturated carbocycles. The summed E-state index contributed by atoms with van der Waals surface area (Å²) in [5, 5.41) is 0. The lowest BCUT2D eigenvalue weighted by Gasteiger charge is -2.31. The molecule has 2 aliphatic rings. The summed E-state index contributed by atoms with van der Waals surface area (Å²) in [6.07, 6.45) is 1.45. The van der Waals surface area contributed by atoms with Gasteiger partial charge in [0.2, 0.25) is 23.6 Å². The van der Waals surface area contributed by atoms with Crippen molar-refractivity contribution in [3.63, 3.8) is 0 Å². The Morgan fingerprint density at radius 3 is 2.20 bits per heavy atom. The van der Waals surface area contributed by atoms with E-state index in [9.17, 15) is 19.2 Å². The summed E-state index contributed by atoms with van der Waals surface area (Å²) in [4.78, 5) is 48.9. The molecule has 0 aromatic carbocycles. The van der Waals surface area contributed by atoms with Crippen LogP contribution in [0.4, 0.5) is 0 Å². The van der Waals surface area contributed by atoms with Crippen LogP contribution in [0.3, 0.4) is 0 Å². The van der Waals surface area contributed by atoms with Gasteiger partial charge in [0, 0.05) is 31.8 Å². The van der Waals surface area contributed by atoms with Crippen molar-refractivity contribution >= 4 is 23.6 Å². The second-order valence-electron chi connectivity index (χ2n) is 5.04. The SMILES string of the molecule is NNC(=O)C1CCN(C(=O)CN2C(=O)CCC2=O)CC1. The monoisotopic (exact) mass is 282 g/mol. The molecule has 2 heterocycles. The second-order valence-corrected chi connectivity index (χ2v) is 5.04. The summed E-state index contributed by atoms with van der Waals surface area (Å²) >= 11 is 0. The van der Waals surface area contributed by atoms with E-state index < -0.39 is 0 Å². The number of piperidine rings is 1. The molecule has 8 nitrogen and oxygen atoms in total. The van der Waals surface area contributed by atoms with E-state index >= 15 is 0 Å². The number of hydrazine groups is 1. The molecule has 8 heteroatoms. The quantitative estimate of drug-likeness (QED) is 0.279. The number of rotatable bonds is 3. The van der Waals surface area contributed by atoms with Crippen LogP contribution >= 0.6 is 0 Å². The van der Waals surface area contributed by atoms with E-state index in [-0.39, 0.29) is 48.9 Å². The van der Waals surface area contributed by atoms with Crippen LogP contribution in [-0.2, 0) is 19.2 Å². The fraction of sp³-hybridized carbons (Fsp3) is 0.667. The zero-order valence-corrected chi connectivity index (χ0v) is 11.1. The van der Waals surface area contributed by atoms with Gasteiger partial charge in [-0.05, 0) is 12.8 Å². The fourth-order valence-corrected chi connectivity index (χ4v) is 2.54. The number of amides is 4. The number of hydrogen-bond donors (Lipinski definition) is 2. The number of carbonyl (C=O) groups excluding carboxylic acids is 4. The predicted molar refractivity (Wildman–Crippen MR) is 67.6 cm³/mol. The van der Waals surface area contributed by atoms with Crippen LogP contribution in [0.25, 0.3) is 0 Å².